The number of nitrogens with zero attached hydrogens (tertiary/aromatic N) is 2. The number of nitrogens with one attached hydrogen (secondary N) is 1. The van der Waals surface area contributed by atoms with Gasteiger partial charge in [-0.15, -0.1) is 0 Å². The number of nitro groups is 1. The van der Waals surface area contributed by atoms with Gasteiger partial charge < -0.3 is 5.32 Å². The van der Waals surface area contributed by atoms with E-state index in [9.17, 15) is 18.5 Å². The van der Waals surface area contributed by atoms with Crippen LogP contribution in [0.5, 0.6) is 0 Å². The lowest BCUT2D eigenvalue weighted by Crippen LogP contribution is -2.38. The van der Waals surface area contributed by atoms with E-state index in [1.807, 2.05) is 0 Å². The quantitative estimate of drug-likeness (QED) is 0.653. The summed E-state index contributed by atoms with van der Waals surface area (Å²) in [6, 6.07) is 3.63. The number of hydrogen-bond acceptors (Lipinski definition) is 5. The zero-order chi connectivity index (χ0) is 15.6. The first kappa shape index (κ1) is 16.2. The number of rotatable bonds is 5. The molecule has 9 heteroatoms. The second-order valence-electron chi connectivity index (χ2n) is 4.95. The van der Waals surface area contributed by atoms with E-state index in [2.05, 4.69) is 5.32 Å². The third-order valence-corrected chi connectivity index (χ3v) is 5.60. The number of sulfonamides is 1. The topological polar surface area (TPSA) is 92.6 Å². The minimum Gasteiger partial charge on any atom is -0.313 e. The molecule has 0 saturated carbocycles. The van der Waals surface area contributed by atoms with Crippen LogP contribution in [0.15, 0.2) is 23.1 Å². The first-order chi connectivity index (χ1) is 9.82. The lowest BCUT2D eigenvalue weighted by atomic mass is 10.2. The Balaban J connectivity index is 2.26. The van der Waals surface area contributed by atoms with Crippen LogP contribution in [0.4, 0.5) is 5.69 Å². The standard InChI is InChI=1S/C12H16ClN3O4S/c1-15(8-9-3-2-6-14-9)21(19,20)10-4-5-11(13)12(7-10)16(17)18/h4-5,7,9,14H,2-3,6,8H2,1H3. The van der Waals surface area contributed by atoms with Crippen molar-refractivity contribution in [3.8, 4) is 0 Å². The van der Waals surface area contributed by atoms with Gasteiger partial charge in [0.25, 0.3) is 5.69 Å². The molecule has 1 atom stereocenters. The number of benzene rings is 1. The van der Waals surface area contributed by atoms with Gasteiger partial charge in [-0.25, -0.2) is 8.42 Å². The number of halogens is 1. The average Bonchev–Trinajstić information content (AvgIpc) is 2.91. The van der Waals surface area contributed by atoms with Gasteiger partial charge in [-0.2, -0.15) is 4.31 Å². The summed E-state index contributed by atoms with van der Waals surface area (Å²) in [7, 11) is -2.30. The third-order valence-electron chi connectivity index (χ3n) is 3.46. The van der Waals surface area contributed by atoms with Crippen LogP contribution >= 0.6 is 11.6 Å². The molecule has 21 heavy (non-hydrogen) atoms. The van der Waals surface area contributed by atoms with Gasteiger partial charge in [-0.3, -0.25) is 10.1 Å². The SMILES string of the molecule is CN(CC1CCCN1)S(=O)(=O)c1ccc(Cl)c([N+](=O)[O-])c1. The molecular formula is C12H16ClN3O4S. The zero-order valence-electron chi connectivity index (χ0n) is 11.5. The maximum Gasteiger partial charge on any atom is 0.289 e. The molecule has 1 aliphatic rings. The van der Waals surface area contributed by atoms with E-state index in [4.69, 9.17) is 11.6 Å². The van der Waals surface area contributed by atoms with Crippen molar-refractivity contribution >= 4 is 27.3 Å². The van der Waals surface area contributed by atoms with E-state index in [0.717, 1.165) is 25.5 Å². The smallest absolute Gasteiger partial charge is 0.289 e. The highest BCUT2D eigenvalue weighted by Gasteiger charge is 2.27. The summed E-state index contributed by atoms with van der Waals surface area (Å²) >= 11 is 5.70. The lowest BCUT2D eigenvalue weighted by molar-refractivity contribution is -0.384. The van der Waals surface area contributed by atoms with E-state index in [1.54, 1.807) is 0 Å². The summed E-state index contributed by atoms with van der Waals surface area (Å²) in [6.45, 7) is 1.21. The van der Waals surface area contributed by atoms with E-state index in [-0.39, 0.29) is 16.0 Å². The van der Waals surface area contributed by atoms with Crippen molar-refractivity contribution < 1.29 is 13.3 Å². The first-order valence-corrected chi connectivity index (χ1v) is 8.28. The van der Waals surface area contributed by atoms with E-state index < -0.39 is 20.6 Å². The summed E-state index contributed by atoms with van der Waals surface area (Å²) in [6.07, 6.45) is 1.94. The molecule has 0 aliphatic carbocycles. The summed E-state index contributed by atoms with van der Waals surface area (Å²) < 4.78 is 26.1. The van der Waals surface area contributed by atoms with Gasteiger partial charge in [0.05, 0.1) is 9.82 Å². The van der Waals surface area contributed by atoms with Gasteiger partial charge in [0.15, 0.2) is 0 Å². The van der Waals surface area contributed by atoms with Crippen molar-refractivity contribution in [1.82, 2.24) is 9.62 Å². The van der Waals surface area contributed by atoms with Crippen LogP contribution in [-0.2, 0) is 10.0 Å². The second kappa shape index (κ2) is 6.27. The Kier molecular flexibility index (Phi) is 4.82. The van der Waals surface area contributed by atoms with Crippen molar-refractivity contribution in [2.75, 3.05) is 20.1 Å². The van der Waals surface area contributed by atoms with Crippen LogP contribution in [-0.4, -0.2) is 43.8 Å². The minimum absolute atomic E-state index is 0.0842. The molecule has 1 aromatic rings. The Morgan fingerprint density at radius 3 is 2.81 bits per heavy atom. The highest BCUT2D eigenvalue weighted by molar-refractivity contribution is 7.89. The average molecular weight is 334 g/mol. The Morgan fingerprint density at radius 2 is 2.24 bits per heavy atom. The van der Waals surface area contributed by atoms with Crippen LogP contribution in [0.3, 0.4) is 0 Å². The van der Waals surface area contributed by atoms with Gasteiger partial charge in [0.2, 0.25) is 10.0 Å². The highest BCUT2D eigenvalue weighted by atomic mass is 35.5. The van der Waals surface area contributed by atoms with E-state index in [0.29, 0.717) is 6.54 Å². The highest BCUT2D eigenvalue weighted by Crippen LogP contribution is 2.28. The largest absolute Gasteiger partial charge is 0.313 e. The van der Waals surface area contributed by atoms with Crippen molar-refractivity contribution in [3.05, 3.63) is 33.3 Å². The fourth-order valence-corrected chi connectivity index (χ4v) is 3.72. The molecule has 1 heterocycles. The number of nitro benzene ring substituents is 1. The normalized spacial score (nSPS) is 19.1. The van der Waals surface area contributed by atoms with Crippen LogP contribution in [0.2, 0.25) is 5.02 Å². The Hall–Kier alpha value is -1.22. The molecule has 0 aromatic heterocycles. The fraction of sp³-hybridized carbons (Fsp3) is 0.500. The first-order valence-electron chi connectivity index (χ1n) is 6.46. The second-order valence-corrected chi connectivity index (χ2v) is 7.40. The van der Waals surface area contributed by atoms with Crippen LogP contribution in [0.25, 0.3) is 0 Å². The molecule has 7 nitrogen and oxygen atoms in total. The molecule has 1 aliphatic heterocycles. The maximum atomic E-state index is 12.4. The molecule has 1 unspecified atom stereocenters. The van der Waals surface area contributed by atoms with Crippen LogP contribution < -0.4 is 5.32 Å². The Bertz CT molecular complexity index is 644. The maximum absolute atomic E-state index is 12.4. The van der Waals surface area contributed by atoms with E-state index >= 15 is 0 Å². The Morgan fingerprint density at radius 1 is 1.52 bits per heavy atom. The van der Waals surface area contributed by atoms with E-state index in [1.165, 1.54) is 23.5 Å². The predicted molar refractivity (Wildman–Crippen MR) is 78.9 cm³/mol. The van der Waals surface area contributed by atoms with Crippen molar-refractivity contribution in [2.45, 2.75) is 23.8 Å². The van der Waals surface area contributed by atoms with Gasteiger partial charge >= 0.3 is 0 Å². The molecule has 0 bridgehead atoms. The number of likely N-dealkylation sites (N-methyl/N-ethyl adjacent to an activating group) is 1. The van der Waals surface area contributed by atoms with Gasteiger partial charge in [-0.1, -0.05) is 11.6 Å². The molecule has 0 amide bonds. The predicted octanol–water partition coefficient (Wildman–Crippen LogP) is 1.62. The summed E-state index contributed by atoms with van der Waals surface area (Å²) in [5.74, 6) is 0. The number of hydrogen-bond donors (Lipinski definition) is 1. The zero-order valence-corrected chi connectivity index (χ0v) is 13.0. The molecule has 2 rings (SSSR count). The monoisotopic (exact) mass is 333 g/mol. The Labute approximate surface area is 128 Å². The van der Waals surface area contributed by atoms with Gasteiger partial charge in [-0.05, 0) is 31.5 Å². The lowest BCUT2D eigenvalue weighted by Gasteiger charge is -2.21. The summed E-state index contributed by atoms with van der Waals surface area (Å²) in [5.41, 5.74) is -0.412. The fourth-order valence-electron chi connectivity index (χ4n) is 2.29. The molecule has 1 N–H and O–H groups in total. The van der Waals surface area contributed by atoms with Crippen LogP contribution in [0.1, 0.15) is 12.8 Å². The van der Waals surface area contributed by atoms with Gasteiger partial charge in [0.1, 0.15) is 5.02 Å². The molecule has 1 saturated heterocycles. The van der Waals surface area contributed by atoms with Crippen LogP contribution in [0, 0.1) is 10.1 Å². The summed E-state index contributed by atoms with van der Waals surface area (Å²) in [4.78, 5) is 10.0. The van der Waals surface area contributed by atoms with Crippen molar-refractivity contribution in [1.29, 1.82) is 0 Å². The van der Waals surface area contributed by atoms with Crippen molar-refractivity contribution in [2.24, 2.45) is 0 Å². The third kappa shape index (κ3) is 3.52. The summed E-state index contributed by atoms with van der Waals surface area (Å²) in [5, 5.41) is 14.0. The molecule has 1 fully saturated rings. The molecule has 0 radical (unpaired) electrons. The molecule has 1 aromatic carbocycles. The minimum atomic E-state index is -3.77. The van der Waals surface area contributed by atoms with Gasteiger partial charge in [0, 0.05) is 25.7 Å². The van der Waals surface area contributed by atoms with Crippen molar-refractivity contribution in [3.63, 3.8) is 0 Å². The molecule has 0 spiro atoms. The molecular weight excluding hydrogens is 318 g/mol. The molecule has 116 valence electrons.